The van der Waals surface area contributed by atoms with Crippen molar-refractivity contribution in [3.63, 3.8) is 0 Å². The predicted molar refractivity (Wildman–Crippen MR) is 70.4 cm³/mol. The van der Waals surface area contributed by atoms with Gasteiger partial charge in [-0.25, -0.2) is 0 Å². The van der Waals surface area contributed by atoms with Gasteiger partial charge in [-0.1, -0.05) is 30.7 Å². The maximum Gasteiger partial charge on any atom is 0.163 e. The molecule has 2 heteroatoms. The van der Waals surface area contributed by atoms with E-state index in [1.807, 2.05) is 18.4 Å². The molecular weight excluding hydrogens is 216 g/mol. The minimum atomic E-state index is 0.317. The molecule has 0 aromatic heterocycles. The molecule has 1 fully saturated rings. The number of carbonyl (C=O) groups excluding carboxylic acids is 1. The molecule has 0 spiro atoms. The van der Waals surface area contributed by atoms with E-state index in [0.717, 1.165) is 11.3 Å². The standard InChI is InChI=1S/C14H18OS/c1-16-10-9-14(15)13-8-3-2-7-12(13)11-5-4-6-11/h2-3,7-8,11H,4-6,9-10H2,1H3. The van der Waals surface area contributed by atoms with Crippen LogP contribution in [-0.2, 0) is 0 Å². The number of hydrogen-bond acceptors (Lipinski definition) is 2. The zero-order valence-electron chi connectivity index (χ0n) is 9.74. The van der Waals surface area contributed by atoms with Crippen molar-refractivity contribution in [1.82, 2.24) is 0 Å². The van der Waals surface area contributed by atoms with Crippen molar-refractivity contribution in [3.8, 4) is 0 Å². The molecule has 0 radical (unpaired) electrons. The number of carbonyl (C=O) groups is 1. The maximum atomic E-state index is 12.1. The van der Waals surface area contributed by atoms with E-state index in [2.05, 4.69) is 12.1 Å². The van der Waals surface area contributed by atoms with Crippen molar-refractivity contribution in [2.45, 2.75) is 31.6 Å². The van der Waals surface area contributed by atoms with Gasteiger partial charge in [0.1, 0.15) is 0 Å². The molecule has 1 aliphatic carbocycles. The molecule has 16 heavy (non-hydrogen) atoms. The molecule has 1 saturated carbocycles. The Labute approximate surface area is 102 Å². The molecular formula is C14H18OS. The largest absolute Gasteiger partial charge is 0.294 e. The molecule has 1 aliphatic rings. The summed E-state index contributed by atoms with van der Waals surface area (Å²) in [5.41, 5.74) is 2.26. The average Bonchev–Trinajstić information content (AvgIpc) is 2.24. The second-order valence-electron chi connectivity index (χ2n) is 4.38. The van der Waals surface area contributed by atoms with Crippen LogP contribution < -0.4 is 0 Å². The molecule has 86 valence electrons. The van der Waals surface area contributed by atoms with E-state index >= 15 is 0 Å². The fourth-order valence-corrected chi connectivity index (χ4v) is 2.55. The van der Waals surface area contributed by atoms with E-state index in [1.165, 1.54) is 24.8 Å². The van der Waals surface area contributed by atoms with Gasteiger partial charge in [0.15, 0.2) is 5.78 Å². The molecule has 0 bridgehead atoms. The highest BCUT2D eigenvalue weighted by molar-refractivity contribution is 7.98. The summed E-state index contributed by atoms with van der Waals surface area (Å²) in [6, 6.07) is 8.17. The predicted octanol–water partition coefficient (Wildman–Crippen LogP) is 3.89. The molecule has 1 aromatic rings. The van der Waals surface area contributed by atoms with Crippen LogP contribution in [0, 0.1) is 0 Å². The van der Waals surface area contributed by atoms with E-state index in [-0.39, 0.29) is 0 Å². The lowest BCUT2D eigenvalue weighted by molar-refractivity contribution is 0.0987. The van der Waals surface area contributed by atoms with Gasteiger partial charge in [0.25, 0.3) is 0 Å². The highest BCUT2D eigenvalue weighted by Gasteiger charge is 2.23. The third-order valence-corrected chi connectivity index (χ3v) is 3.95. The first-order valence-electron chi connectivity index (χ1n) is 5.94. The van der Waals surface area contributed by atoms with E-state index in [0.29, 0.717) is 18.1 Å². The molecule has 1 aromatic carbocycles. The maximum absolute atomic E-state index is 12.1. The second kappa shape index (κ2) is 5.53. The Kier molecular flexibility index (Phi) is 4.05. The lowest BCUT2D eigenvalue weighted by Gasteiger charge is -2.27. The smallest absolute Gasteiger partial charge is 0.163 e. The van der Waals surface area contributed by atoms with E-state index in [4.69, 9.17) is 0 Å². The summed E-state index contributed by atoms with van der Waals surface area (Å²) in [6.07, 6.45) is 6.55. The highest BCUT2D eigenvalue weighted by Crippen LogP contribution is 2.38. The van der Waals surface area contributed by atoms with Crippen LogP contribution in [0.3, 0.4) is 0 Å². The first-order valence-corrected chi connectivity index (χ1v) is 7.33. The average molecular weight is 234 g/mol. The van der Waals surface area contributed by atoms with Crippen LogP contribution in [0.5, 0.6) is 0 Å². The number of ketones is 1. The van der Waals surface area contributed by atoms with E-state index in [9.17, 15) is 4.79 Å². The summed E-state index contributed by atoms with van der Waals surface area (Å²) in [4.78, 5) is 12.1. The second-order valence-corrected chi connectivity index (χ2v) is 5.37. The zero-order chi connectivity index (χ0) is 11.4. The highest BCUT2D eigenvalue weighted by atomic mass is 32.2. The third kappa shape index (κ3) is 2.49. The zero-order valence-corrected chi connectivity index (χ0v) is 10.6. The van der Waals surface area contributed by atoms with E-state index in [1.54, 1.807) is 11.8 Å². The van der Waals surface area contributed by atoms with E-state index < -0.39 is 0 Å². The molecule has 0 aliphatic heterocycles. The molecule has 0 N–H and O–H groups in total. The Morgan fingerprint density at radius 1 is 1.38 bits per heavy atom. The molecule has 0 saturated heterocycles. The minimum Gasteiger partial charge on any atom is -0.294 e. The summed E-state index contributed by atoms with van der Waals surface area (Å²) in [6.45, 7) is 0. The number of thioether (sulfide) groups is 1. The fourth-order valence-electron chi connectivity index (χ4n) is 2.16. The summed E-state index contributed by atoms with van der Waals surface area (Å²) >= 11 is 1.74. The van der Waals surface area contributed by atoms with Crippen molar-refractivity contribution >= 4 is 17.5 Å². The van der Waals surface area contributed by atoms with Crippen LogP contribution in [0.4, 0.5) is 0 Å². The summed E-state index contributed by atoms with van der Waals surface area (Å²) in [5.74, 6) is 1.89. The third-order valence-electron chi connectivity index (χ3n) is 3.34. The van der Waals surface area contributed by atoms with Crippen molar-refractivity contribution in [3.05, 3.63) is 35.4 Å². The van der Waals surface area contributed by atoms with Crippen molar-refractivity contribution in [2.24, 2.45) is 0 Å². The Morgan fingerprint density at radius 2 is 2.12 bits per heavy atom. The summed E-state index contributed by atoms with van der Waals surface area (Å²) in [7, 11) is 0. The number of Topliss-reactive ketones (excluding diaryl/α,β-unsaturated/α-hetero) is 1. The van der Waals surface area contributed by atoms with Crippen LogP contribution >= 0.6 is 11.8 Å². The van der Waals surface area contributed by atoms with Crippen LogP contribution in [-0.4, -0.2) is 17.8 Å². The monoisotopic (exact) mass is 234 g/mol. The molecule has 2 rings (SSSR count). The molecule has 0 heterocycles. The number of rotatable bonds is 5. The van der Waals surface area contributed by atoms with Gasteiger partial charge in [-0.2, -0.15) is 11.8 Å². The van der Waals surface area contributed by atoms with Crippen LogP contribution in [0.15, 0.2) is 24.3 Å². The van der Waals surface area contributed by atoms with Gasteiger partial charge in [0.2, 0.25) is 0 Å². The lowest BCUT2D eigenvalue weighted by Crippen LogP contribution is -2.14. The first-order chi connectivity index (χ1) is 7.83. The van der Waals surface area contributed by atoms with Gasteiger partial charge < -0.3 is 0 Å². The fraction of sp³-hybridized carbons (Fsp3) is 0.500. The van der Waals surface area contributed by atoms with Gasteiger partial charge in [-0.15, -0.1) is 0 Å². The van der Waals surface area contributed by atoms with Gasteiger partial charge in [-0.3, -0.25) is 4.79 Å². The molecule has 0 atom stereocenters. The number of hydrogen-bond donors (Lipinski definition) is 0. The molecule has 0 amide bonds. The van der Waals surface area contributed by atoms with Gasteiger partial charge in [0.05, 0.1) is 0 Å². The first kappa shape index (κ1) is 11.7. The van der Waals surface area contributed by atoms with Crippen LogP contribution in [0.2, 0.25) is 0 Å². The number of benzene rings is 1. The Balaban J connectivity index is 2.15. The Hall–Kier alpha value is -0.760. The van der Waals surface area contributed by atoms with Gasteiger partial charge in [0, 0.05) is 17.7 Å². The molecule has 1 nitrogen and oxygen atoms in total. The topological polar surface area (TPSA) is 17.1 Å². The van der Waals surface area contributed by atoms with Gasteiger partial charge >= 0.3 is 0 Å². The summed E-state index contributed by atoms with van der Waals surface area (Å²) in [5, 5.41) is 0. The van der Waals surface area contributed by atoms with Crippen molar-refractivity contribution < 1.29 is 4.79 Å². The minimum absolute atomic E-state index is 0.317. The van der Waals surface area contributed by atoms with Crippen molar-refractivity contribution in [2.75, 3.05) is 12.0 Å². The van der Waals surface area contributed by atoms with Gasteiger partial charge in [-0.05, 0) is 30.6 Å². The Morgan fingerprint density at radius 3 is 2.75 bits per heavy atom. The van der Waals surface area contributed by atoms with Crippen LogP contribution in [0.25, 0.3) is 0 Å². The normalized spacial score (nSPS) is 15.8. The Bertz CT molecular complexity index is 369. The molecule has 0 unspecified atom stereocenters. The lowest BCUT2D eigenvalue weighted by atomic mass is 9.77. The van der Waals surface area contributed by atoms with Crippen molar-refractivity contribution in [1.29, 1.82) is 0 Å². The van der Waals surface area contributed by atoms with Crippen LogP contribution in [0.1, 0.15) is 47.5 Å². The summed E-state index contributed by atoms with van der Waals surface area (Å²) < 4.78 is 0. The quantitative estimate of drug-likeness (QED) is 0.719. The SMILES string of the molecule is CSCCC(=O)c1ccccc1C1CCC1.